The average Bonchev–Trinajstić information content (AvgIpc) is 2.65. The lowest BCUT2D eigenvalue weighted by atomic mass is 9.89. The van der Waals surface area contributed by atoms with Crippen molar-refractivity contribution in [2.75, 3.05) is 0 Å². The van der Waals surface area contributed by atoms with E-state index >= 15 is 0 Å². The summed E-state index contributed by atoms with van der Waals surface area (Å²) in [5.74, 6) is 0.642. The summed E-state index contributed by atoms with van der Waals surface area (Å²) in [5, 5.41) is 0. The van der Waals surface area contributed by atoms with Gasteiger partial charge in [-0.3, -0.25) is 4.79 Å². The van der Waals surface area contributed by atoms with Crippen molar-refractivity contribution in [3.63, 3.8) is 0 Å². The van der Waals surface area contributed by atoms with Crippen LogP contribution in [0.3, 0.4) is 0 Å². The fourth-order valence-electron chi connectivity index (χ4n) is 3.01. The summed E-state index contributed by atoms with van der Waals surface area (Å²) in [4.78, 5) is 13.1. The first kappa shape index (κ1) is 15.9. The minimum absolute atomic E-state index is 0.00989. The van der Waals surface area contributed by atoms with Crippen molar-refractivity contribution < 1.29 is 9.53 Å². The number of ether oxygens (including phenoxy) is 1. The topological polar surface area (TPSA) is 26.3 Å². The zero-order valence-electron chi connectivity index (χ0n) is 13.4. The molecule has 0 saturated carbocycles. The van der Waals surface area contributed by atoms with E-state index in [1.54, 1.807) is 0 Å². The summed E-state index contributed by atoms with van der Waals surface area (Å²) in [6, 6.07) is 25.1. The maximum atomic E-state index is 13.1. The minimum Gasteiger partial charge on any atom is -0.480 e. The summed E-state index contributed by atoms with van der Waals surface area (Å²) in [5.41, 5.74) is 3.17. The molecule has 0 saturated heterocycles. The number of hydrogen-bond donors (Lipinski definition) is 0. The number of fused-ring (bicyclic) bond motifs is 1. The van der Waals surface area contributed by atoms with E-state index in [2.05, 4.69) is 15.9 Å². The maximum absolute atomic E-state index is 13.1. The van der Waals surface area contributed by atoms with Crippen LogP contribution in [0, 0.1) is 0 Å². The van der Waals surface area contributed by atoms with Gasteiger partial charge in [0, 0.05) is 10.0 Å². The van der Waals surface area contributed by atoms with Crippen LogP contribution >= 0.6 is 15.9 Å². The Morgan fingerprint density at radius 2 is 1.64 bits per heavy atom. The summed E-state index contributed by atoms with van der Waals surface area (Å²) in [6.45, 7) is 0. The predicted molar refractivity (Wildman–Crippen MR) is 103 cm³/mol. The molecule has 0 fully saturated rings. The second-order valence-corrected chi connectivity index (χ2v) is 6.80. The third-order valence-corrected chi connectivity index (χ3v) is 4.69. The summed E-state index contributed by atoms with van der Waals surface area (Å²) < 4.78 is 7.18. The van der Waals surface area contributed by atoms with Gasteiger partial charge in [0.1, 0.15) is 5.75 Å². The molecule has 2 nitrogen and oxygen atoms in total. The fraction of sp³-hybridized carbons (Fsp3) is 0.0455. The van der Waals surface area contributed by atoms with Gasteiger partial charge in [-0.1, -0.05) is 70.5 Å². The van der Waals surface area contributed by atoms with Crippen LogP contribution in [0.4, 0.5) is 0 Å². The van der Waals surface area contributed by atoms with Gasteiger partial charge >= 0.3 is 0 Å². The van der Waals surface area contributed by atoms with Gasteiger partial charge in [0.2, 0.25) is 0 Å². The molecule has 3 aromatic rings. The van der Waals surface area contributed by atoms with Crippen LogP contribution in [-0.4, -0.2) is 5.78 Å². The molecule has 1 atom stereocenters. The van der Waals surface area contributed by atoms with E-state index in [4.69, 9.17) is 4.74 Å². The van der Waals surface area contributed by atoms with E-state index < -0.39 is 6.10 Å². The highest BCUT2D eigenvalue weighted by Crippen LogP contribution is 2.39. The second kappa shape index (κ2) is 6.69. The molecule has 122 valence electrons. The lowest BCUT2D eigenvalue weighted by Gasteiger charge is -2.28. The normalized spacial score (nSPS) is 17.9. The van der Waals surface area contributed by atoms with Gasteiger partial charge in [-0.05, 0) is 41.5 Å². The molecule has 0 amide bonds. The van der Waals surface area contributed by atoms with Crippen molar-refractivity contribution in [2.24, 2.45) is 0 Å². The van der Waals surface area contributed by atoms with E-state index in [-0.39, 0.29) is 5.78 Å². The number of carbonyl (C=O) groups is 1. The Hall–Kier alpha value is -2.65. The zero-order chi connectivity index (χ0) is 17.2. The Kier molecular flexibility index (Phi) is 4.24. The first-order valence-electron chi connectivity index (χ1n) is 8.05. The molecular formula is C22H15BrO2. The first-order chi connectivity index (χ1) is 12.2. The summed E-state index contributed by atoms with van der Waals surface area (Å²) in [7, 11) is 0. The van der Waals surface area contributed by atoms with Crippen molar-refractivity contribution in [1.82, 2.24) is 0 Å². The van der Waals surface area contributed by atoms with Crippen molar-refractivity contribution in [2.45, 2.75) is 6.10 Å². The zero-order valence-corrected chi connectivity index (χ0v) is 14.9. The number of Topliss-reactive ketones (excluding diaryl/α,β-unsaturated/α-hetero) is 1. The van der Waals surface area contributed by atoms with Gasteiger partial charge in [-0.25, -0.2) is 0 Å². The molecule has 0 radical (unpaired) electrons. The van der Waals surface area contributed by atoms with Gasteiger partial charge in [0.05, 0.1) is 5.56 Å². The van der Waals surface area contributed by atoms with Crippen molar-refractivity contribution in [1.29, 1.82) is 0 Å². The predicted octanol–water partition coefficient (Wildman–Crippen LogP) is 5.85. The molecule has 0 aromatic heterocycles. The van der Waals surface area contributed by atoms with Crippen molar-refractivity contribution in [3.8, 4) is 5.75 Å². The Balaban J connectivity index is 1.87. The van der Waals surface area contributed by atoms with E-state index in [9.17, 15) is 4.79 Å². The summed E-state index contributed by atoms with van der Waals surface area (Å²) >= 11 is 3.48. The summed E-state index contributed by atoms with van der Waals surface area (Å²) in [6.07, 6.45) is 1.50. The third-order valence-electron chi connectivity index (χ3n) is 4.19. The Morgan fingerprint density at radius 1 is 0.880 bits per heavy atom. The molecule has 0 aliphatic carbocycles. The molecule has 0 bridgehead atoms. The Bertz CT molecular complexity index is 961. The molecule has 0 unspecified atom stereocenters. The minimum atomic E-state index is -0.414. The average molecular weight is 391 g/mol. The number of rotatable bonds is 2. The van der Waals surface area contributed by atoms with Crippen LogP contribution in [0.2, 0.25) is 0 Å². The van der Waals surface area contributed by atoms with E-state index in [1.165, 1.54) is 0 Å². The molecule has 0 spiro atoms. The Labute approximate surface area is 154 Å². The molecule has 1 aliphatic rings. The molecule has 1 heterocycles. The molecule has 1 aliphatic heterocycles. The number of carbonyl (C=O) groups excluding carboxylic acids is 1. The number of hydrogen-bond acceptors (Lipinski definition) is 2. The quantitative estimate of drug-likeness (QED) is 0.513. The van der Waals surface area contributed by atoms with E-state index in [0.717, 1.165) is 15.6 Å². The van der Waals surface area contributed by atoms with Crippen LogP contribution in [0.1, 0.15) is 27.6 Å². The van der Waals surface area contributed by atoms with E-state index in [1.807, 2.05) is 84.9 Å². The lowest BCUT2D eigenvalue weighted by Crippen LogP contribution is -2.23. The van der Waals surface area contributed by atoms with Gasteiger partial charge in [0.25, 0.3) is 0 Å². The largest absolute Gasteiger partial charge is 0.480 e. The molecular weight excluding hydrogens is 376 g/mol. The van der Waals surface area contributed by atoms with Gasteiger partial charge in [-0.15, -0.1) is 0 Å². The second-order valence-electron chi connectivity index (χ2n) is 5.89. The number of halogens is 1. The van der Waals surface area contributed by atoms with Gasteiger partial charge in [-0.2, -0.15) is 0 Å². The number of ketones is 1. The lowest BCUT2D eigenvalue weighted by molar-refractivity contribution is 0.0963. The Morgan fingerprint density at radius 3 is 2.44 bits per heavy atom. The molecule has 3 heteroatoms. The van der Waals surface area contributed by atoms with Crippen LogP contribution in [0.5, 0.6) is 5.75 Å². The number of benzene rings is 3. The highest BCUT2D eigenvalue weighted by molar-refractivity contribution is 9.10. The third kappa shape index (κ3) is 3.15. The highest BCUT2D eigenvalue weighted by atomic mass is 79.9. The van der Waals surface area contributed by atoms with Gasteiger partial charge in [0.15, 0.2) is 11.9 Å². The van der Waals surface area contributed by atoms with Crippen molar-refractivity contribution in [3.05, 3.63) is 106 Å². The number of para-hydroxylation sites is 1. The SMILES string of the molecule is O=C1/C(=C/c2cccc(Br)c2)[C@H](c2ccccc2)Oc2ccccc21. The molecule has 4 rings (SSSR count). The molecule has 3 aromatic carbocycles. The van der Waals surface area contributed by atoms with Crippen LogP contribution in [0.15, 0.2) is 88.9 Å². The van der Waals surface area contributed by atoms with Crippen LogP contribution < -0.4 is 4.74 Å². The van der Waals surface area contributed by atoms with Crippen LogP contribution in [0.25, 0.3) is 6.08 Å². The van der Waals surface area contributed by atoms with Crippen molar-refractivity contribution >= 4 is 27.8 Å². The van der Waals surface area contributed by atoms with E-state index in [0.29, 0.717) is 16.9 Å². The maximum Gasteiger partial charge on any atom is 0.196 e. The highest BCUT2D eigenvalue weighted by Gasteiger charge is 2.32. The smallest absolute Gasteiger partial charge is 0.196 e. The first-order valence-corrected chi connectivity index (χ1v) is 8.84. The van der Waals surface area contributed by atoms with Crippen LogP contribution in [-0.2, 0) is 0 Å². The standard InChI is InChI=1S/C22H15BrO2/c23-17-10-6-7-15(13-17)14-19-21(24)18-11-4-5-12-20(18)25-22(19)16-8-2-1-3-9-16/h1-14,22H/b19-14-/t22-/m0/s1. The fourth-order valence-corrected chi connectivity index (χ4v) is 3.43. The monoisotopic (exact) mass is 390 g/mol. The van der Waals surface area contributed by atoms with Gasteiger partial charge < -0.3 is 4.74 Å². The molecule has 25 heavy (non-hydrogen) atoms. The molecule has 0 N–H and O–H groups in total.